The fourth-order valence-corrected chi connectivity index (χ4v) is 2.71. The molecular formula is C15H19N3O. The first-order valence-electron chi connectivity index (χ1n) is 6.81. The quantitative estimate of drug-likeness (QED) is 0.864. The number of nitrogens with zero attached hydrogens (tertiary/aromatic N) is 1. The summed E-state index contributed by atoms with van der Waals surface area (Å²) in [6.45, 7) is 1.96. The van der Waals surface area contributed by atoms with E-state index in [-0.39, 0.29) is 5.91 Å². The van der Waals surface area contributed by atoms with Crippen LogP contribution in [-0.4, -0.2) is 42.0 Å². The summed E-state index contributed by atoms with van der Waals surface area (Å²) in [7, 11) is 1.90. The van der Waals surface area contributed by atoms with Gasteiger partial charge in [-0.05, 0) is 43.0 Å². The van der Waals surface area contributed by atoms with E-state index in [4.69, 9.17) is 0 Å². The number of aromatic nitrogens is 1. The van der Waals surface area contributed by atoms with Crippen LogP contribution in [0.5, 0.6) is 0 Å². The molecule has 2 aromatic rings. The van der Waals surface area contributed by atoms with Gasteiger partial charge in [-0.3, -0.25) is 4.79 Å². The van der Waals surface area contributed by atoms with Crippen LogP contribution < -0.4 is 5.32 Å². The van der Waals surface area contributed by atoms with Crippen molar-refractivity contribution in [3.8, 4) is 0 Å². The van der Waals surface area contributed by atoms with Gasteiger partial charge in [-0.25, -0.2) is 0 Å². The molecule has 3 rings (SSSR count). The normalized spacial score (nSPS) is 19.5. The lowest BCUT2D eigenvalue weighted by Gasteiger charge is -2.31. The zero-order valence-electron chi connectivity index (χ0n) is 11.1. The smallest absolute Gasteiger partial charge is 0.253 e. The summed E-state index contributed by atoms with van der Waals surface area (Å²) in [6, 6.07) is 8.15. The van der Waals surface area contributed by atoms with Crippen molar-refractivity contribution in [2.24, 2.45) is 0 Å². The number of piperidine rings is 1. The molecule has 0 aliphatic carbocycles. The molecule has 1 aromatic carbocycles. The molecule has 1 atom stereocenters. The van der Waals surface area contributed by atoms with E-state index >= 15 is 0 Å². The molecule has 2 heterocycles. The van der Waals surface area contributed by atoms with Gasteiger partial charge >= 0.3 is 0 Å². The van der Waals surface area contributed by atoms with Crippen LogP contribution >= 0.6 is 0 Å². The standard InChI is InChI=1S/C15H19N3O/c1-18(13-3-2-7-16-10-13)15(19)12-5-4-11-6-8-17-14(11)9-12/h4-6,8-9,13,16-17H,2-3,7,10H2,1H3. The van der Waals surface area contributed by atoms with Crippen molar-refractivity contribution in [1.82, 2.24) is 15.2 Å². The van der Waals surface area contributed by atoms with Crippen LogP contribution in [0.25, 0.3) is 10.9 Å². The van der Waals surface area contributed by atoms with E-state index < -0.39 is 0 Å². The highest BCUT2D eigenvalue weighted by atomic mass is 16.2. The minimum absolute atomic E-state index is 0.102. The van der Waals surface area contributed by atoms with Crippen LogP contribution in [0.4, 0.5) is 0 Å². The van der Waals surface area contributed by atoms with E-state index in [1.807, 2.05) is 42.4 Å². The van der Waals surface area contributed by atoms with Gasteiger partial charge < -0.3 is 15.2 Å². The Balaban J connectivity index is 1.81. The lowest BCUT2D eigenvalue weighted by molar-refractivity contribution is 0.0708. The van der Waals surface area contributed by atoms with E-state index in [9.17, 15) is 4.79 Å². The fourth-order valence-electron chi connectivity index (χ4n) is 2.71. The van der Waals surface area contributed by atoms with Gasteiger partial charge in [0.25, 0.3) is 5.91 Å². The Morgan fingerprint density at radius 3 is 3.05 bits per heavy atom. The van der Waals surface area contributed by atoms with Crippen LogP contribution in [0.3, 0.4) is 0 Å². The van der Waals surface area contributed by atoms with E-state index in [0.717, 1.165) is 42.4 Å². The molecule has 19 heavy (non-hydrogen) atoms. The van der Waals surface area contributed by atoms with Crippen molar-refractivity contribution in [3.05, 3.63) is 36.0 Å². The van der Waals surface area contributed by atoms with Crippen LogP contribution in [0, 0.1) is 0 Å². The number of nitrogens with one attached hydrogen (secondary N) is 2. The highest BCUT2D eigenvalue weighted by Crippen LogP contribution is 2.17. The molecule has 1 aliphatic heterocycles. The number of carbonyl (C=O) groups is 1. The largest absolute Gasteiger partial charge is 0.361 e. The zero-order chi connectivity index (χ0) is 13.2. The van der Waals surface area contributed by atoms with Crippen molar-refractivity contribution in [2.45, 2.75) is 18.9 Å². The zero-order valence-corrected chi connectivity index (χ0v) is 11.1. The average Bonchev–Trinajstić information content (AvgIpc) is 2.94. The minimum atomic E-state index is 0.102. The second-order valence-corrected chi connectivity index (χ2v) is 5.20. The summed E-state index contributed by atoms with van der Waals surface area (Å²) in [5.41, 5.74) is 1.77. The van der Waals surface area contributed by atoms with Gasteiger partial charge in [0.1, 0.15) is 0 Å². The molecule has 1 saturated heterocycles. The number of hydrogen-bond donors (Lipinski definition) is 2. The van der Waals surface area contributed by atoms with Crippen LogP contribution in [0.15, 0.2) is 30.5 Å². The molecule has 1 unspecified atom stereocenters. The van der Waals surface area contributed by atoms with Crippen LogP contribution in [-0.2, 0) is 0 Å². The first kappa shape index (κ1) is 12.2. The van der Waals surface area contributed by atoms with Gasteiger partial charge in [0, 0.05) is 36.9 Å². The van der Waals surface area contributed by atoms with Gasteiger partial charge in [-0.15, -0.1) is 0 Å². The van der Waals surface area contributed by atoms with E-state index in [1.165, 1.54) is 0 Å². The maximum absolute atomic E-state index is 12.5. The molecule has 100 valence electrons. The van der Waals surface area contributed by atoms with Crippen molar-refractivity contribution in [1.29, 1.82) is 0 Å². The SMILES string of the molecule is CN(C(=O)c1ccc2cc[nH]c2c1)C1CCCNC1. The van der Waals surface area contributed by atoms with Crippen LogP contribution in [0.1, 0.15) is 23.2 Å². The van der Waals surface area contributed by atoms with E-state index in [0.29, 0.717) is 6.04 Å². The summed E-state index contributed by atoms with van der Waals surface area (Å²) >= 11 is 0. The monoisotopic (exact) mass is 257 g/mol. The maximum atomic E-state index is 12.5. The Morgan fingerprint density at radius 1 is 1.37 bits per heavy atom. The van der Waals surface area contributed by atoms with Crippen molar-refractivity contribution < 1.29 is 4.79 Å². The number of rotatable bonds is 2. The topological polar surface area (TPSA) is 48.1 Å². The van der Waals surface area contributed by atoms with Gasteiger partial charge in [0.15, 0.2) is 0 Å². The van der Waals surface area contributed by atoms with Crippen molar-refractivity contribution >= 4 is 16.8 Å². The van der Waals surface area contributed by atoms with Crippen molar-refractivity contribution in [2.75, 3.05) is 20.1 Å². The Morgan fingerprint density at radius 2 is 2.26 bits per heavy atom. The predicted octanol–water partition coefficient (Wildman–Crippen LogP) is 1.99. The summed E-state index contributed by atoms with van der Waals surface area (Å²) in [5.74, 6) is 0.102. The Bertz CT molecular complexity index is 584. The highest BCUT2D eigenvalue weighted by Gasteiger charge is 2.22. The number of H-pyrrole nitrogens is 1. The third-order valence-electron chi connectivity index (χ3n) is 3.94. The molecule has 2 N–H and O–H groups in total. The minimum Gasteiger partial charge on any atom is -0.361 e. The van der Waals surface area contributed by atoms with Gasteiger partial charge in [-0.1, -0.05) is 6.07 Å². The second-order valence-electron chi connectivity index (χ2n) is 5.20. The molecule has 1 aliphatic rings. The number of amides is 1. The Labute approximate surface area is 112 Å². The predicted molar refractivity (Wildman–Crippen MR) is 76.3 cm³/mol. The van der Waals surface area contributed by atoms with Crippen LogP contribution in [0.2, 0.25) is 0 Å². The first-order chi connectivity index (χ1) is 9.25. The second kappa shape index (κ2) is 5.05. The summed E-state index contributed by atoms with van der Waals surface area (Å²) in [5, 5.41) is 4.49. The molecule has 0 saturated carbocycles. The average molecular weight is 257 g/mol. The van der Waals surface area contributed by atoms with Gasteiger partial charge in [0.2, 0.25) is 0 Å². The molecule has 1 amide bonds. The lowest BCUT2D eigenvalue weighted by Crippen LogP contribution is -2.46. The Hall–Kier alpha value is -1.81. The molecule has 0 radical (unpaired) electrons. The third-order valence-corrected chi connectivity index (χ3v) is 3.94. The number of benzene rings is 1. The number of aromatic amines is 1. The molecule has 4 nitrogen and oxygen atoms in total. The molecule has 1 aromatic heterocycles. The molecule has 0 bridgehead atoms. The molecular weight excluding hydrogens is 238 g/mol. The third kappa shape index (κ3) is 2.36. The van der Waals surface area contributed by atoms with E-state index in [1.54, 1.807) is 0 Å². The molecule has 1 fully saturated rings. The summed E-state index contributed by atoms with van der Waals surface area (Å²) in [6.07, 6.45) is 4.12. The Kier molecular flexibility index (Phi) is 3.25. The maximum Gasteiger partial charge on any atom is 0.253 e. The number of likely N-dealkylation sites (N-methyl/N-ethyl adjacent to an activating group) is 1. The van der Waals surface area contributed by atoms with Gasteiger partial charge in [0.05, 0.1) is 0 Å². The molecule has 0 spiro atoms. The number of carbonyl (C=O) groups excluding carboxylic acids is 1. The number of fused-ring (bicyclic) bond motifs is 1. The summed E-state index contributed by atoms with van der Waals surface area (Å²) in [4.78, 5) is 17.5. The van der Waals surface area contributed by atoms with Crippen molar-refractivity contribution in [3.63, 3.8) is 0 Å². The number of hydrogen-bond acceptors (Lipinski definition) is 2. The highest BCUT2D eigenvalue weighted by molar-refractivity contribution is 5.97. The van der Waals surface area contributed by atoms with E-state index in [2.05, 4.69) is 10.3 Å². The molecule has 4 heteroatoms. The van der Waals surface area contributed by atoms with Gasteiger partial charge in [-0.2, -0.15) is 0 Å². The summed E-state index contributed by atoms with van der Waals surface area (Å²) < 4.78 is 0. The lowest BCUT2D eigenvalue weighted by atomic mass is 10.0. The fraction of sp³-hybridized carbons (Fsp3) is 0.400. The first-order valence-corrected chi connectivity index (χ1v) is 6.81.